The van der Waals surface area contributed by atoms with Crippen molar-refractivity contribution in [2.45, 2.75) is 46.1 Å². The van der Waals surface area contributed by atoms with E-state index in [1.807, 2.05) is 33.8 Å². The van der Waals surface area contributed by atoms with Crippen LogP contribution in [-0.4, -0.2) is 30.0 Å². The molecule has 0 aromatic carbocycles. The molecule has 0 aliphatic carbocycles. The van der Waals surface area contributed by atoms with E-state index in [2.05, 4.69) is 5.32 Å². The number of aliphatic hydroxyl groups excluding tert-OH is 1. The lowest BCUT2D eigenvalue weighted by molar-refractivity contribution is 0.0527. The van der Waals surface area contributed by atoms with Crippen LogP contribution < -0.4 is 5.32 Å². The first-order chi connectivity index (χ1) is 7.35. The summed E-state index contributed by atoms with van der Waals surface area (Å²) < 4.78 is 5.08. The van der Waals surface area contributed by atoms with E-state index >= 15 is 0 Å². The first-order valence-corrected chi connectivity index (χ1v) is 5.58. The van der Waals surface area contributed by atoms with Gasteiger partial charge in [0.05, 0.1) is 6.61 Å². The molecule has 0 saturated heterocycles. The van der Waals surface area contributed by atoms with Crippen molar-refractivity contribution in [1.29, 1.82) is 0 Å². The lowest BCUT2D eigenvalue weighted by Gasteiger charge is -2.19. The Labute approximate surface area is 97.7 Å². The number of ether oxygens (including phenoxy) is 1. The molecule has 0 aliphatic rings. The molecule has 0 rings (SSSR count). The molecule has 4 heteroatoms. The second-order valence-corrected chi connectivity index (χ2v) is 4.78. The number of amides is 1. The number of alkyl carbamates (subject to hydrolysis) is 1. The van der Waals surface area contributed by atoms with Gasteiger partial charge in [-0.25, -0.2) is 4.79 Å². The molecule has 0 bridgehead atoms. The molecule has 0 aromatic heterocycles. The summed E-state index contributed by atoms with van der Waals surface area (Å²) in [5.74, 6) is 0. The highest BCUT2D eigenvalue weighted by Gasteiger charge is 2.15. The zero-order valence-electron chi connectivity index (χ0n) is 10.7. The van der Waals surface area contributed by atoms with Crippen molar-refractivity contribution in [1.82, 2.24) is 5.32 Å². The van der Waals surface area contributed by atoms with Gasteiger partial charge in [-0.05, 0) is 40.5 Å². The van der Waals surface area contributed by atoms with Crippen LogP contribution in [0.25, 0.3) is 0 Å². The second kappa shape index (κ2) is 7.28. The van der Waals surface area contributed by atoms with Crippen LogP contribution in [0.15, 0.2) is 11.6 Å². The quantitative estimate of drug-likeness (QED) is 0.561. The lowest BCUT2D eigenvalue weighted by Crippen LogP contribution is -2.32. The second-order valence-electron chi connectivity index (χ2n) is 4.78. The number of unbranched alkanes of at least 4 members (excludes halogenated alkanes) is 1. The van der Waals surface area contributed by atoms with Crippen molar-refractivity contribution in [2.75, 3.05) is 13.2 Å². The average Bonchev–Trinajstić information content (AvgIpc) is 2.14. The summed E-state index contributed by atoms with van der Waals surface area (Å²) in [4.78, 5) is 11.2. The number of hydrogen-bond acceptors (Lipinski definition) is 3. The predicted molar refractivity (Wildman–Crippen MR) is 64.3 cm³/mol. The average molecular weight is 229 g/mol. The maximum absolute atomic E-state index is 11.2. The Morgan fingerprint density at radius 3 is 2.56 bits per heavy atom. The Balaban J connectivity index is 3.56. The Bertz CT molecular complexity index is 241. The van der Waals surface area contributed by atoms with Crippen LogP contribution in [0.3, 0.4) is 0 Å². The van der Waals surface area contributed by atoms with E-state index in [1.165, 1.54) is 0 Å². The fraction of sp³-hybridized carbons (Fsp3) is 0.750. The lowest BCUT2D eigenvalue weighted by atomic mass is 10.2. The van der Waals surface area contributed by atoms with Gasteiger partial charge in [-0.3, -0.25) is 0 Å². The molecule has 0 atom stereocenters. The normalized spacial score (nSPS) is 12.4. The summed E-state index contributed by atoms with van der Waals surface area (Å²) in [7, 11) is 0. The molecule has 0 fully saturated rings. The first-order valence-electron chi connectivity index (χ1n) is 5.58. The van der Waals surface area contributed by atoms with Gasteiger partial charge in [-0.15, -0.1) is 0 Å². The minimum atomic E-state index is -0.447. The highest BCUT2D eigenvalue weighted by atomic mass is 16.6. The van der Waals surface area contributed by atoms with Crippen LogP contribution >= 0.6 is 0 Å². The zero-order chi connectivity index (χ0) is 12.6. The number of hydrogen-bond donors (Lipinski definition) is 2. The van der Waals surface area contributed by atoms with Gasteiger partial charge in [0.1, 0.15) is 5.60 Å². The van der Waals surface area contributed by atoms with Gasteiger partial charge in [0.2, 0.25) is 0 Å². The largest absolute Gasteiger partial charge is 0.444 e. The summed E-state index contributed by atoms with van der Waals surface area (Å²) in [5.41, 5.74) is 0.509. The molecule has 94 valence electrons. The monoisotopic (exact) mass is 229 g/mol. The van der Waals surface area contributed by atoms with E-state index in [-0.39, 0.29) is 12.7 Å². The molecule has 0 heterocycles. The van der Waals surface area contributed by atoms with Crippen LogP contribution in [0.5, 0.6) is 0 Å². The molecule has 0 aromatic rings. The number of carbonyl (C=O) groups is 1. The molecule has 16 heavy (non-hydrogen) atoms. The SMILES string of the molecule is C/C(=C\CCCNC(=O)OC(C)(C)C)CO. The van der Waals surface area contributed by atoms with E-state index in [0.29, 0.717) is 6.54 Å². The number of nitrogens with one attached hydrogen (secondary N) is 1. The van der Waals surface area contributed by atoms with Crippen molar-refractivity contribution in [3.05, 3.63) is 11.6 Å². The number of allylic oxidation sites excluding steroid dienone is 1. The van der Waals surface area contributed by atoms with Crippen molar-refractivity contribution in [3.8, 4) is 0 Å². The standard InChI is InChI=1S/C12H23NO3/c1-10(9-14)7-5-6-8-13-11(15)16-12(2,3)4/h7,14H,5-6,8-9H2,1-4H3,(H,13,15)/b10-7+. The highest BCUT2D eigenvalue weighted by Crippen LogP contribution is 2.06. The molecule has 0 radical (unpaired) electrons. The minimum absolute atomic E-state index is 0.0967. The van der Waals surface area contributed by atoms with Gasteiger partial charge < -0.3 is 15.2 Å². The predicted octanol–water partition coefficient (Wildman–Crippen LogP) is 2.23. The molecular weight excluding hydrogens is 206 g/mol. The van der Waals surface area contributed by atoms with E-state index in [4.69, 9.17) is 9.84 Å². The Kier molecular flexibility index (Phi) is 6.81. The van der Waals surface area contributed by atoms with Crippen LogP contribution in [0.4, 0.5) is 4.79 Å². The van der Waals surface area contributed by atoms with Gasteiger partial charge in [-0.1, -0.05) is 11.6 Å². The molecule has 2 N–H and O–H groups in total. The Morgan fingerprint density at radius 2 is 2.06 bits per heavy atom. The number of carbonyl (C=O) groups excluding carboxylic acids is 1. The summed E-state index contributed by atoms with van der Waals surface area (Å²) in [6, 6.07) is 0. The number of rotatable bonds is 5. The zero-order valence-corrected chi connectivity index (χ0v) is 10.7. The topological polar surface area (TPSA) is 58.6 Å². The van der Waals surface area contributed by atoms with E-state index in [1.54, 1.807) is 0 Å². The van der Waals surface area contributed by atoms with E-state index < -0.39 is 5.60 Å². The minimum Gasteiger partial charge on any atom is -0.444 e. The summed E-state index contributed by atoms with van der Waals surface area (Å²) in [6.07, 6.45) is 3.28. The molecule has 4 nitrogen and oxygen atoms in total. The third-order valence-electron chi connectivity index (χ3n) is 1.79. The van der Waals surface area contributed by atoms with Crippen LogP contribution in [0, 0.1) is 0 Å². The van der Waals surface area contributed by atoms with Crippen LogP contribution in [0.1, 0.15) is 40.5 Å². The number of aliphatic hydroxyl groups is 1. The van der Waals surface area contributed by atoms with Crippen molar-refractivity contribution < 1.29 is 14.6 Å². The summed E-state index contributed by atoms with van der Waals surface area (Å²) in [6.45, 7) is 8.06. The van der Waals surface area contributed by atoms with Gasteiger partial charge in [0.15, 0.2) is 0 Å². The van der Waals surface area contributed by atoms with Gasteiger partial charge in [0, 0.05) is 6.54 Å². The third-order valence-corrected chi connectivity index (χ3v) is 1.79. The van der Waals surface area contributed by atoms with E-state index in [9.17, 15) is 4.79 Å². The molecule has 0 spiro atoms. The van der Waals surface area contributed by atoms with Gasteiger partial charge in [-0.2, -0.15) is 0 Å². The highest BCUT2D eigenvalue weighted by molar-refractivity contribution is 5.67. The van der Waals surface area contributed by atoms with E-state index in [0.717, 1.165) is 18.4 Å². The fourth-order valence-corrected chi connectivity index (χ4v) is 1.02. The van der Waals surface area contributed by atoms with Gasteiger partial charge >= 0.3 is 6.09 Å². The van der Waals surface area contributed by atoms with Gasteiger partial charge in [0.25, 0.3) is 0 Å². The summed E-state index contributed by atoms with van der Waals surface area (Å²) >= 11 is 0. The smallest absolute Gasteiger partial charge is 0.407 e. The molecule has 0 unspecified atom stereocenters. The van der Waals surface area contributed by atoms with Crippen LogP contribution in [0.2, 0.25) is 0 Å². The third kappa shape index (κ3) is 9.52. The molecule has 0 aliphatic heterocycles. The van der Waals surface area contributed by atoms with Crippen molar-refractivity contribution in [3.63, 3.8) is 0 Å². The van der Waals surface area contributed by atoms with Crippen molar-refractivity contribution in [2.24, 2.45) is 0 Å². The van der Waals surface area contributed by atoms with Crippen LogP contribution in [-0.2, 0) is 4.74 Å². The Morgan fingerprint density at radius 1 is 1.44 bits per heavy atom. The summed E-state index contributed by atoms with van der Waals surface area (Å²) in [5, 5.41) is 11.4. The molecular formula is C12H23NO3. The first kappa shape index (κ1) is 15.0. The molecule has 0 saturated carbocycles. The maximum atomic E-state index is 11.2. The fourth-order valence-electron chi connectivity index (χ4n) is 1.02. The Hall–Kier alpha value is -1.03. The maximum Gasteiger partial charge on any atom is 0.407 e. The molecule has 1 amide bonds. The van der Waals surface area contributed by atoms with Crippen molar-refractivity contribution >= 4 is 6.09 Å².